The molecule has 2 N–H and O–H groups in total. The zero-order chi connectivity index (χ0) is 12.1. The van der Waals surface area contributed by atoms with Gasteiger partial charge in [0.2, 0.25) is 0 Å². The van der Waals surface area contributed by atoms with E-state index in [1.807, 2.05) is 12.3 Å². The van der Waals surface area contributed by atoms with E-state index in [-0.39, 0.29) is 12.4 Å². The van der Waals surface area contributed by atoms with E-state index in [1.165, 1.54) is 12.1 Å². The molecule has 4 heteroatoms. The zero-order valence-electron chi connectivity index (χ0n) is 9.23. The highest BCUT2D eigenvalue weighted by Crippen LogP contribution is 2.11. The Balaban J connectivity index is 2.32. The lowest BCUT2D eigenvalue weighted by molar-refractivity contribution is 0.623. The molecule has 1 heterocycles. The van der Waals surface area contributed by atoms with Gasteiger partial charge in [-0.25, -0.2) is 4.39 Å². The highest BCUT2D eigenvalue weighted by molar-refractivity contribution is 5.42. The number of halogens is 1. The van der Waals surface area contributed by atoms with E-state index in [2.05, 4.69) is 16.9 Å². The van der Waals surface area contributed by atoms with E-state index in [9.17, 15) is 4.39 Å². The van der Waals surface area contributed by atoms with Gasteiger partial charge in [0, 0.05) is 18.0 Å². The topological polar surface area (TPSA) is 43.8 Å². The molecule has 1 aromatic heterocycles. The summed E-state index contributed by atoms with van der Waals surface area (Å²) in [6, 6.07) is 6.40. The highest BCUT2D eigenvalue weighted by Gasteiger charge is 2.03. The molecular weight excluding hydrogens is 217 g/mol. The molecule has 0 fully saturated rings. The van der Waals surface area contributed by atoms with Gasteiger partial charge in [0.05, 0.1) is 13.1 Å². The Bertz CT molecular complexity index is 550. The number of nitrogens with zero attached hydrogens (tertiary/aromatic N) is 2. The molecule has 2 aromatic rings. The van der Waals surface area contributed by atoms with E-state index < -0.39 is 0 Å². The van der Waals surface area contributed by atoms with Crippen LogP contribution in [0.3, 0.4) is 0 Å². The minimum Gasteiger partial charge on any atom is -0.320 e. The van der Waals surface area contributed by atoms with E-state index in [0.717, 1.165) is 5.56 Å². The van der Waals surface area contributed by atoms with Crippen molar-refractivity contribution in [3.8, 4) is 11.8 Å². The number of rotatable bonds is 2. The van der Waals surface area contributed by atoms with Crippen LogP contribution in [0.4, 0.5) is 4.39 Å². The van der Waals surface area contributed by atoms with Crippen LogP contribution in [0.1, 0.15) is 11.1 Å². The molecule has 0 aliphatic rings. The molecule has 3 nitrogen and oxygen atoms in total. The van der Waals surface area contributed by atoms with Crippen LogP contribution in [-0.4, -0.2) is 16.3 Å². The number of hydrogen-bond acceptors (Lipinski definition) is 2. The summed E-state index contributed by atoms with van der Waals surface area (Å²) in [4.78, 5) is 0. The van der Waals surface area contributed by atoms with Crippen molar-refractivity contribution >= 4 is 0 Å². The quantitative estimate of drug-likeness (QED) is 0.791. The molecule has 2 rings (SSSR count). The summed E-state index contributed by atoms with van der Waals surface area (Å²) in [5.41, 5.74) is 6.90. The van der Waals surface area contributed by atoms with Gasteiger partial charge in [-0.05, 0) is 23.8 Å². The summed E-state index contributed by atoms with van der Waals surface area (Å²) in [5.74, 6) is 5.31. The molecule has 0 unspecified atom stereocenters. The summed E-state index contributed by atoms with van der Waals surface area (Å²) in [6.07, 6.45) is 3.55. The van der Waals surface area contributed by atoms with Crippen molar-refractivity contribution in [2.24, 2.45) is 5.73 Å². The first-order valence-electron chi connectivity index (χ1n) is 5.24. The fourth-order valence-electron chi connectivity index (χ4n) is 1.52. The molecule has 86 valence electrons. The third kappa shape index (κ3) is 2.92. The van der Waals surface area contributed by atoms with E-state index in [0.29, 0.717) is 12.1 Å². The van der Waals surface area contributed by atoms with Gasteiger partial charge in [-0.2, -0.15) is 5.10 Å². The molecule has 0 spiro atoms. The second-order valence-electron chi connectivity index (χ2n) is 3.51. The first-order chi connectivity index (χ1) is 8.29. The first kappa shape index (κ1) is 11.4. The fraction of sp³-hybridized carbons (Fsp3) is 0.154. The molecule has 0 saturated carbocycles. The van der Waals surface area contributed by atoms with Crippen LogP contribution >= 0.6 is 0 Å². The lowest BCUT2D eigenvalue weighted by atomic mass is 10.1. The Morgan fingerprint density at radius 2 is 2.29 bits per heavy atom. The molecule has 0 aliphatic carbocycles. The van der Waals surface area contributed by atoms with Gasteiger partial charge in [0.25, 0.3) is 0 Å². The van der Waals surface area contributed by atoms with Crippen molar-refractivity contribution in [2.75, 3.05) is 6.54 Å². The number of benzene rings is 1. The zero-order valence-corrected chi connectivity index (χ0v) is 9.23. The minimum absolute atomic E-state index is 0.262. The molecule has 0 amide bonds. The van der Waals surface area contributed by atoms with E-state index in [1.54, 1.807) is 16.9 Å². The van der Waals surface area contributed by atoms with Crippen molar-refractivity contribution in [3.05, 3.63) is 53.6 Å². The van der Waals surface area contributed by atoms with Crippen LogP contribution in [0.5, 0.6) is 0 Å². The third-order valence-electron chi connectivity index (χ3n) is 2.29. The number of aromatic nitrogens is 2. The van der Waals surface area contributed by atoms with Crippen LogP contribution in [-0.2, 0) is 6.54 Å². The lowest BCUT2D eigenvalue weighted by Crippen LogP contribution is -2.02. The van der Waals surface area contributed by atoms with Crippen LogP contribution in [0.2, 0.25) is 0 Å². The maximum atomic E-state index is 13.1. The summed E-state index contributed by atoms with van der Waals surface area (Å²) in [7, 11) is 0. The summed E-state index contributed by atoms with van der Waals surface area (Å²) < 4.78 is 14.9. The van der Waals surface area contributed by atoms with Crippen molar-refractivity contribution in [1.82, 2.24) is 9.78 Å². The summed E-state index contributed by atoms with van der Waals surface area (Å²) in [5, 5.41) is 4.11. The van der Waals surface area contributed by atoms with E-state index in [4.69, 9.17) is 5.73 Å². The summed E-state index contributed by atoms with van der Waals surface area (Å²) >= 11 is 0. The molecule has 0 radical (unpaired) electrons. The van der Waals surface area contributed by atoms with Crippen molar-refractivity contribution in [3.63, 3.8) is 0 Å². The lowest BCUT2D eigenvalue weighted by Gasteiger charge is -2.05. The molecule has 1 aromatic carbocycles. The van der Waals surface area contributed by atoms with Gasteiger partial charge in [-0.3, -0.25) is 4.68 Å². The highest BCUT2D eigenvalue weighted by atomic mass is 19.1. The Labute approximate surface area is 99.1 Å². The normalized spacial score (nSPS) is 9.76. The van der Waals surface area contributed by atoms with Crippen LogP contribution in [0.25, 0.3) is 0 Å². The Morgan fingerprint density at radius 3 is 3.00 bits per heavy atom. The predicted molar refractivity (Wildman–Crippen MR) is 63.7 cm³/mol. The predicted octanol–water partition coefficient (Wildman–Crippen LogP) is 1.38. The van der Waals surface area contributed by atoms with Gasteiger partial charge < -0.3 is 5.73 Å². The van der Waals surface area contributed by atoms with Crippen LogP contribution in [0.15, 0.2) is 36.7 Å². The number of hydrogen-bond donors (Lipinski definition) is 1. The average molecular weight is 229 g/mol. The second-order valence-corrected chi connectivity index (χ2v) is 3.51. The van der Waals surface area contributed by atoms with Crippen LogP contribution in [0, 0.1) is 17.7 Å². The minimum atomic E-state index is -0.296. The Kier molecular flexibility index (Phi) is 3.53. The monoisotopic (exact) mass is 229 g/mol. The fourth-order valence-corrected chi connectivity index (χ4v) is 1.52. The molecular formula is C13H12FN3. The molecule has 0 atom stereocenters. The molecule has 0 bridgehead atoms. The Morgan fingerprint density at radius 1 is 1.41 bits per heavy atom. The van der Waals surface area contributed by atoms with Gasteiger partial charge in [-0.15, -0.1) is 0 Å². The van der Waals surface area contributed by atoms with Gasteiger partial charge in [0.15, 0.2) is 0 Å². The van der Waals surface area contributed by atoms with Crippen molar-refractivity contribution in [2.45, 2.75) is 6.54 Å². The molecule has 17 heavy (non-hydrogen) atoms. The largest absolute Gasteiger partial charge is 0.320 e. The first-order valence-corrected chi connectivity index (χ1v) is 5.24. The van der Waals surface area contributed by atoms with Gasteiger partial charge in [0.1, 0.15) is 5.82 Å². The second kappa shape index (κ2) is 5.28. The third-order valence-corrected chi connectivity index (χ3v) is 2.29. The summed E-state index contributed by atoms with van der Waals surface area (Å²) in [6.45, 7) is 0.833. The van der Waals surface area contributed by atoms with Crippen molar-refractivity contribution in [1.29, 1.82) is 0 Å². The number of nitrogens with two attached hydrogens (primary N) is 1. The van der Waals surface area contributed by atoms with E-state index >= 15 is 0 Å². The van der Waals surface area contributed by atoms with Gasteiger partial charge in [-0.1, -0.05) is 17.9 Å². The average Bonchev–Trinajstić information content (AvgIpc) is 2.82. The maximum absolute atomic E-state index is 13.1. The molecule has 0 aliphatic heterocycles. The smallest absolute Gasteiger partial charge is 0.124 e. The maximum Gasteiger partial charge on any atom is 0.124 e. The molecule has 0 saturated heterocycles. The SMILES string of the molecule is NCC#Cc1cc(F)ccc1Cn1cccn1. The van der Waals surface area contributed by atoms with Gasteiger partial charge >= 0.3 is 0 Å². The Hall–Kier alpha value is -2.12. The standard InChI is InChI=1S/C13H12FN3/c14-13-5-4-12(10-17-8-2-7-16-17)11(9-13)3-1-6-15/h2,4-5,7-9H,6,10,15H2. The van der Waals surface area contributed by atoms with Crippen molar-refractivity contribution < 1.29 is 4.39 Å². The van der Waals surface area contributed by atoms with Crippen LogP contribution < -0.4 is 5.73 Å².